The lowest BCUT2D eigenvalue weighted by molar-refractivity contribution is -0.145. The molecule has 1 unspecified atom stereocenters. The highest BCUT2D eigenvalue weighted by Gasteiger charge is 2.37. The molecule has 110 valence electrons. The summed E-state index contributed by atoms with van der Waals surface area (Å²) in [6.07, 6.45) is 7.22. The maximum absolute atomic E-state index is 11.5. The van der Waals surface area contributed by atoms with Gasteiger partial charge in [-0.15, -0.1) is 0 Å². The van der Waals surface area contributed by atoms with Crippen LogP contribution in [0.5, 0.6) is 0 Å². The van der Waals surface area contributed by atoms with Gasteiger partial charge in [-0.05, 0) is 43.0 Å². The Hall–Kier alpha value is -2.43. The second-order valence-corrected chi connectivity index (χ2v) is 5.36. The molecule has 0 aromatic carbocycles. The number of carboxylic acid groups (broad SMARTS) is 2. The number of hydrogen-bond donors (Lipinski definition) is 2. The average molecular weight is 287 g/mol. The van der Waals surface area contributed by atoms with Crippen molar-refractivity contribution in [1.82, 2.24) is 4.98 Å². The molecule has 0 amide bonds. The first-order chi connectivity index (χ1) is 9.87. The zero-order chi connectivity index (χ0) is 15.6. The number of allylic oxidation sites excluding steroid dienone is 2. The van der Waals surface area contributed by atoms with Gasteiger partial charge in [-0.25, -0.2) is 4.79 Å². The molecule has 1 heterocycles. The summed E-state index contributed by atoms with van der Waals surface area (Å²) in [4.78, 5) is 26.9. The van der Waals surface area contributed by atoms with Crippen LogP contribution < -0.4 is 0 Å². The molecular weight excluding hydrogens is 270 g/mol. The number of nitrogens with zero attached hydrogens (tertiary/aromatic N) is 1. The predicted molar refractivity (Wildman–Crippen MR) is 77.7 cm³/mol. The van der Waals surface area contributed by atoms with Crippen molar-refractivity contribution in [2.75, 3.05) is 0 Å². The predicted octanol–water partition coefficient (Wildman–Crippen LogP) is 2.53. The first kappa shape index (κ1) is 15.0. The lowest BCUT2D eigenvalue weighted by Gasteiger charge is -2.27. The molecule has 0 saturated heterocycles. The minimum atomic E-state index is -1.22. The number of rotatable bonds is 4. The fourth-order valence-corrected chi connectivity index (χ4v) is 2.49. The minimum absolute atomic E-state index is 0.0249. The largest absolute Gasteiger partial charge is 0.481 e. The molecule has 1 aliphatic rings. The molecule has 0 saturated carbocycles. The van der Waals surface area contributed by atoms with E-state index in [4.69, 9.17) is 0 Å². The second-order valence-electron chi connectivity index (χ2n) is 5.36. The molecule has 0 radical (unpaired) electrons. The summed E-state index contributed by atoms with van der Waals surface area (Å²) in [5.74, 6) is -2.12. The number of aryl methyl sites for hydroxylation is 1. The van der Waals surface area contributed by atoms with Crippen LogP contribution in [-0.2, 0) is 16.0 Å². The summed E-state index contributed by atoms with van der Waals surface area (Å²) in [6.45, 7) is 3.52. The molecule has 21 heavy (non-hydrogen) atoms. The normalized spacial score (nSPS) is 21.4. The van der Waals surface area contributed by atoms with Crippen LogP contribution in [0.4, 0.5) is 0 Å². The molecule has 2 N–H and O–H groups in total. The van der Waals surface area contributed by atoms with Gasteiger partial charge in [0.2, 0.25) is 0 Å². The molecule has 1 aromatic heterocycles. The molecule has 5 heteroatoms. The summed E-state index contributed by atoms with van der Waals surface area (Å²) in [7, 11) is 0. The standard InChI is InChI=1S/C16H17NO4/c1-3-10-4-5-17-9-13(10)11-6-12(14(18)19)8-16(2,7-11)15(20)21/h4-7,9H,3,8H2,1-2H3,(H,18,19)(H,20,21). The van der Waals surface area contributed by atoms with Gasteiger partial charge in [-0.3, -0.25) is 9.78 Å². The Kier molecular flexibility index (Phi) is 3.93. The van der Waals surface area contributed by atoms with Crippen molar-refractivity contribution in [3.05, 3.63) is 47.3 Å². The van der Waals surface area contributed by atoms with Crippen LogP contribution in [0.3, 0.4) is 0 Å². The van der Waals surface area contributed by atoms with Gasteiger partial charge in [0.25, 0.3) is 0 Å². The Labute approximate surface area is 122 Å². The van der Waals surface area contributed by atoms with E-state index in [1.807, 2.05) is 13.0 Å². The van der Waals surface area contributed by atoms with E-state index in [2.05, 4.69) is 4.98 Å². The van der Waals surface area contributed by atoms with Gasteiger partial charge in [0.15, 0.2) is 0 Å². The molecule has 1 atom stereocenters. The number of hydrogen-bond acceptors (Lipinski definition) is 3. The Morgan fingerprint density at radius 2 is 2.10 bits per heavy atom. The average Bonchev–Trinajstić information content (AvgIpc) is 2.46. The summed E-state index contributed by atoms with van der Waals surface area (Å²) < 4.78 is 0. The minimum Gasteiger partial charge on any atom is -0.481 e. The van der Waals surface area contributed by atoms with E-state index in [1.165, 1.54) is 6.92 Å². The maximum Gasteiger partial charge on any atom is 0.331 e. The van der Waals surface area contributed by atoms with Crippen molar-refractivity contribution >= 4 is 17.5 Å². The highest BCUT2D eigenvalue weighted by Crippen LogP contribution is 2.38. The van der Waals surface area contributed by atoms with E-state index in [0.29, 0.717) is 5.57 Å². The van der Waals surface area contributed by atoms with Gasteiger partial charge in [-0.1, -0.05) is 13.0 Å². The van der Waals surface area contributed by atoms with Crippen LogP contribution in [0.25, 0.3) is 5.57 Å². The van der Waals surface area contributed by atoms with E-state index < -0.39 is 17.4 Å². The molecule has 0 spiro atoms. The van der Waals surface area contributed by atoms with Crippen LogP contribution in [0.15, 0.2) is 36.2 Å². The number of carbonyl (C=O) groups is 2. The lowest BCUT2D eigenvalue weighted by Crippen LogP contribution is -2.29. The van der Waals surface area contributed by atoms with Crippen molar-refractivity contribution in [2.24, 2.45) is 5.41 Å². The second kappa shape index (κ2) is 5.52. The Morgan fingerprint density at radius 1 is 1.38 bits per heavy atom. The van der Waals surface area contributed by atoms with Gasteiger partial charge in [-0.2, -0.15) is 0 Å². The van der Waals surface area contributed by atoms with Crippen molar-refractivity contribution in [3.8, 4) is 0 Å². The lowest BCUT2D eigenvalue weighted by atomic mass is 9.76. The smallest absolute Gasteiger partial charge is 0.331 e. The Bertz CT molecular complexity index is 660. The number of pyridine rings is 1. The first-order valence-electron chi connectivity index (χ1n) is 6.71. The molecule has 1 aromatic rings. The summed E-state index contributed by atoms with van der Waals surface area (Å²) in [5, 5.41) is 18.6. The quantitative estimate of drug-likeness (QED) is 0.888. The number of aromatic nitrogens is 1. The first-order valence-corrected chi connectivity index (χ1v) is 6.71. The van der Waals surface area contributed by atoms with E-state index >= 15 is 0 Å². The van der Waals surface area contributed by atoms with Crippen LogP contribution in [0.2, 0.25) is 0 Å². The number of carboxylic acids is 2. The molecular formula is C16H17NO4. The third-order valence-electron chi connectivity index (χ3n) is 3.73. The van der Waals surface area contributed by atoms with Gasteiger partial charge in [0, 0.05) is 23.5 Å². The summed E-state index contributed by atoms with van der Waals surface area (Å²) in [6, 6.07) is 1.86. The van der Waals surface area contributed by atoms with Crippen molar-refractivity contribution < 1.29 is 19.8 Å². The molecule has 2 rings (SSSR count). The van der Waals surface area contributed by atoms with E-state index in [9.17, 15) is 19.8 Å². The molecule has 5 nitrogen and oxygen atoms in total. The van der Waals surface area contributed by atoms with Crippen molar-refractivity contribution in [2.45, 2.75) is 26.7 Å². The third kappa shape index (κ3) is 2.86. The molecule has 0 fully saturated rings. The highest BCUT2D eigenvalue weighted by atomic mass is 16.4. The maximum atomic E-state index is 11.5. The Morgan fingerprint density at radius 3 is 2.67 bits per heavy atom. The number of aliphatic carboxylic acids is 2. The van der Waals surface area contributed by atoms with Crippen molar-refractivity contribution in [3.63, 3.8) is 0 Å². The van der Waals surface area contributed by atoms with Crippen molar-refractivity contribution in [1.29, 1.82) is 0 Å². The Balaban J connectivity index is 2.60. The van der Waals surface area contributed by atoms with Gasteiger partial charge in [0.1, 0.15) is 0 Å². The van der Waals surface area contributed by atoms with Crippen LogP contribution in [-0.4, -0.2) is 27.1 Å². The molecule has 0 bridgehead atoms. The van der Waals surface area contributed by atoms with E-state index in [-0.39, 0.29) is 12.0 Å². The van der Waals surface area contributed by atoms with Gasteiger partial charge in [0.05, 0.1) is 5.41 Å². The van der Waals surface area contributed by atoms with Crippen LogP contribution >= 0.6 is 0 Å². The van der Waals surface area contributed by atoms with E-state index in [0.717, 1.165) is 17.5 Å². The monoisotopic (exact) mass is 287 g/mol. The SMILES string of the molecule is CCc1ccncc1C1=CC(C)(C(=O)O)CC(C(=O)O)=C1. The molecule has 1 aliphatic carbocycles. The van der Waals surface area contributed by atoms with Gasteiger partial charge < -0.3 is 10.2 Å². The zero-order valence-corrected chi connectivity index (χ0v) is 12.0. The third-order valence-corrected chi connectivity index (χ3v) is 3.73. The van der Waals surface area contributed by atoms with E-state index in [1.54, 1.807) is 24.5 Å². The highest BCUT2D eigenvalue weighted by molar-refractivity contribution is 5.96. The fourth-order valence-electron chi connectivity index (χ4n) is 2.49. The fraction of sp³-hybridized carbons (Fsp3) is 0.312. The topological polar surface area (TPSA) is 87.5 Å². The van der Waals surface area contributed by atoms with Crippen LogP contribution in [0.1, 0.15) is 31.4 Å². The van der Waals surface area contributed by atoms with Gasteiger partial charge >= 0.3 is 11.9 Å². The molecule has 0 aliphatic heterocycles. The van der Waals surface area contributed by atoms with Crippen LogP contribution in [0, 0.1) is 5.41 Å². The summed E-state index contributed by atoms with van der Waals surface area (Å²) >= 11 is 0. The zero-order valence-electron chi connectivity index (χ0n) is 12.0. The summed E-state index contributed by atoms with van der Waals surface area (Å²) in [5.41, 5.74) is 1.27.